The lowest BCUT2D eigenvalue weighted by atomic mass is 9.87. The summed E-state index contributed by atoms with van der Waals surface area (Å²) in [4.78, 5) is 12.5. The molecule has 102 valence electrons. The van der Waals surface area contributed by atoms with Gasteiger partial charge in [-0.3, -0.25) is 4.79 Å². The number of fused-ring (bicyclic) bond motifs is 1. The quantitative estimate of drug-likeness (QED) is 0.801. The highest BCUT2D eigenvalue weighted by Crippen LogP contribution is 2.45. The van der Waals surface area contributed by atoms with Crippen molar-refractivity contribution in [2.45, 2.75) is 41.7 Å². The van der Waals surface area contributed by atoms with Crippen LogP contribution >= 0.6 is 11.6 Å². The fraction of sp³-hybridized carbons (Fsp3) is 0.462. The molecule has 1 saturated carbocycles. The van der Waals surface area contributed by atoms with E-state index in [2.05, 4.69) is 5.32 Å². The van der Waals surface area contributed by atoms with Gasteiger partial charge in [0.15, 0.2) is 14.6 Å². The number of anilines is 1. The van der Waals surface area contributed by atoms with E-state index in [-0.39, 0.29) is 4.90 Å². The van der Waals surface area contributed by atoms with E-state index in [1.807, 2.05) is 0 Å². The predicted molar refractivity (Wildman–Crippen MR) is 73.1 cm³/mol. The molecule has 0 saturated heterocycles. The number of carbonyl (C=O) groups excluding carboxylic acids is 1. The average Bonchev–Trinajstić information content (AvgIpc) is 2.37. The average molecular weight is 300 g/mol. The zero-order valence-corrected chi connectivity index (χ0v) is 11.9. The Morgan fingerprint density at radius 3 is 2.53 bits per heavy atom. The topological polar surface area (TPSA) is 63.2 Å². The Labute approximate surface area is 117 Å². The Hall–Kier alpha value is -1.07. The van der Waals surface area contributed by atoms with Gasteiger partial charge in [0.05, 0.1) is 10.6 Å². The minimum absolute atomic E-state index is 0.193. The number of rotatable bonds is 0. The molecule has 1 aromatic rings. The monoisotopic (exact) mass is 299 g/mol. The maximum absolute atomic E-state index is 12.8. The molecule has 3 rings (SSSR count). The van der Waals surface area contributed by atoms with Crippen LogP contribution in [0.5, 0.6) is 0 Å². The van der Waals surface area contributed by atoms with Crippen LogP contribution < -0.4 is 5.32 Å². The van der Waals surface area contributed by atoms with Crippen LogP contribution in [0.4, 0.5) is 5.69 Å². The molecule has 1 N–H and O–H groups in total. The second-order valence-corrected chi connectivity index (χ2v) is 7.82. The molecule has 1 aliphatic carbocycles. The molecule has 2 aliphatic rings. The summed E-state index contributed by atoms with van der Waals surface area (Å²) in [5, 5.41) is 3.13. The summed E-state index contributed by atoms with van der Waals surface area (Å²) in [5.41, 5.74) is 0.300. The highest BCUT2D eigenvalue weighted by Gasteiger charge is 2.54. The van der Waals surface area contributed by atoms with Crippen LogP contribution in [0.1, 0.15) is 32.1 Å². The van der Waals surface area contributed by atoms with Gasteiger partial charge in [-0.25, -0.2) is 8.42 Å². The fourth-order valence-corrected chi connectivity index (χ4v) is 5.38. The maximum Gasteiger partial charge on any atom is 0.246 e. The zero-order valence-electron chi connectivity index (χ0n) is 10.3. The summed E-state index contributed by atoms with van der Waals surface area (Å²) in [7, 11) is -3.64. The SMILES string of the molecule is O=C1Nc2cc(Cl)ccc2S(=O)(=O)C12CCCCC2. The Bertz CT molecular complexity index is 648. The molecular weight excluding hydrogens is 286 g/mol. The van der Waals surface area contributed by atoms with E-state index < -0.39 is 20.5 Å². The van der Waals surface area contributed by atoms with Crippen LogP contribution in [0, 0.1) is 0 Å². The van der Waals surface area contributed by atoms with Crippen molar-refractivity contribution in [2.75, 3.05) is 5.32 Å². The Kier molecular flexibility index (Phi) is 2.87. The summed E-state index contributed by atoms with van der Waals surface area (Å²) < 4.78 is 24.3. The molecule has 0 unspecified atom stereocenters. The third-order valence-electron chi connectivity index (χ3n) is 4.07. The van der Waals surface area contributed by atoms with Gasteiger partial charge in [-0.05, 0) is 31.0 Å². The summed E-state index contributed by atoms with van der Waals surface area (Å²) in [6.07, 6.45) is 3.34. The Morgan fingerprint density at radius 1 is 1.16 bits per heavy atom. The van der Waals surface area contributed by atoms with Gasteiger partial charge < -0.3 is 5.32 Å². The second kappa shape index (κ2) is 4.21. The lowest BCUT2D eigenvalue weighted by Crippen LogP contribution is -2.53. The van der Waals surface area contributed by atoms with Crippen LogP contribution in [0.2, 0.25) is 5.02 Å². The van der Waals surface area contributed by atoms with Gasteiger partial charge in [0.2, 0.25) is 5.91 Å². The van der Waals surface area contributed by atoms with E-state index in [4.69, 9.17) is 11.6 Å². The molecule has 1 amide bonds. The van der Waals surface area contributed by atoms with Crippen molar-refractivity contribution in [1.29, 1.82) is 0 Å². The first-order valence-corrected chi connectivity index (χ1v) is 8.19. The molecule has 0 aromatic heterocycles. The highest BCUT2D eigenvalue weighted by atomic mass is 35.5. The molecular formula is C13H14ClNO3S. The van der Waals surface area contributed by atoms with Gasteiger partial charge in [0.25, 0.3) is 0 Å². The Morgan fingerprint density at radius 2 is 1.84 bits per heavy atom. The van der Waals surface area contributed by atoms with Gasteiger partial charge in [-0.2, -0.15) is 0 Å². The van der Waals surface area contributed by atoms with Crippen molar-refractivity contribution in [1.82, 2.24) is 0 Å². The van der Waals surface area contributed by atoms with E-state index in [0.29, 0.717) is 23.6 Å². The van der Waals surface area contributed by atoms with E-state index in [1.165, 1.54) is 12.1 Å². The molecule has 19 heavy (non-hydrogen) atoms. The van der Waals surface area contributed by atoms with Gasteiger partial charge in [-0.15, -0.1) is 0 Å². The van der Waals surface area contributed by atoms with Crippen LogP contribution in [-0.2, 0) is 14.6 Å². The van der Waals surface area contributed by atoms with Crippen LogP contribution in [0.15, 0.2) is 23.1 Å². The molecule has 1 aliphatic heterocycles. The number of nitrogens with one attached hydrogen (secondary N) is 1. The number of hydrogen-bond acceptors (Lipinski definition) is 3. The number of carbonyl (C=O) groups is 1. The lowest BCUT2D eigenvalue weighted by molar-refractivity contribution is -0.119. The molecule has 1 aromatic carbocycles. The van der Waals surface area contributed by atoms with Crippen LogP contribution in [-0.4, -0.2) is 19.1 Å². The first kappa shape index (κ1) is 12.9. The van der Waals surface area contributed by atoms with Crippen molar-refractivity contribution in [3.63, 3.8) is 0 Å². The second-order valence-electron chi connectivity index (χ2n) is 5.15. The van der Waals surface area contributed by atoms with E-state index in [1.54, 1.807) is 6.07 Å². The van der Waals surface area contributed by atoms with Crippen LogP contribution in [0.3, 0.4) is 0 Å². The lowest BCUT2D eigenvalue weighted by Gasteiger charge is -2.38. The van der Waals surface area contributed by atoms with Crippen LogP contribution in [0.25, 0.3) is 0 Å². The van der Waals surface area contributed by atoms with E-state index >= 15 is 0 Å². The third kappa shape index (κ3) is 1.71. The predicted octanol–water partition coefficient (Wildman–Crippen LogP) is 2.77. The standard InChI is InChI=1S/C13H14ClNO3S/c14-9-4-5-11-10(8-9)15-12(16)13(19(11,17)18)6-2-1-3-7-13/h4-5,8H,1-3,6-7H2,(H,15,16). The molecule has 0 atom stereocenters. The van der Waals surface area contributed by atoms with Gasteiger partial charge in [0, 0.05) is 5.02 Å². The largest absolute Gasteiger partial charge is 0.323 e. The van der Waals surface area contributed by atoms with Crippen molar-refractivity contribution in [2.24, 2.45) is 0 Å². The third-order valence-corrected chi connectivity index (χ3v) is 6.86. The minimum atomic E-state index is -3.64. The molecule has 1 heterocycles. The van der Waals surface area contributed by atoms with Crippen molar-refractivity contribution >= 4 is 33.0 Å². The summed E-state index contributed by atoms with van der Waals surface area (Å²) >= 11 is 5.85. The summed E-state index contributed by atoms with van der Waals surface area (Å²) in [6.45, 7) is 0. The van der Waals surface area contributed by atoms with E-state index in [9.17, 15) is 13.2 Å². The molecule has 0 radical (unpaired) electrons. The zero-order chi connectivity index (χ0) is 13.7. The normalized spacial score (nSPS) is 23.7. The van der Waals surface area contributed by atoms with Gasteiger partial charge in [-0.1, -0.05) is 30.9 Å². The highest BCUT2D eigenvalue weighted by molar-refractivity contribution is 7.94. The number of amides is 1. The summed E-state index contributed by atoms with van der Waals surface area (Å²) in [5.74, 6) is -0.401. The molecule has 6 heteroatoms. The van der Waals surface area contributed by atoms with Gasteiger partial charge in [0.1, 0.15) is 0 Å². The van der Waals surface area contributed by atoms with E-state index in [0.717, 1.165) is 19.3 Å². The van der Waals surface area contributed by atoms with Gasteiger partial charge >= 0.3 is 0 Å². The number of halogens is 1. The first-order chi connectivity index (χ1) is 8.97. The number of sulfone groups is 1. The first-order valence-electron chi connectivity index (χ1n) is 6.33. The minimum Gasteiger partial charge on any atom is -0.323 e. The van der Waals surface area contributed by atoms with Crippen molar-refractivity contribution < 1.29 is 13.2 Å². The molecule has 1 fully saturated rings. The van der Waals surface area contributed by atoms with Crippen molar-refractivity contribution in [3.8, 4) is 0 Å². The Balaban J connectivity index is 2.21. The number of hydrogen-bond donors (Lipinski definition) is 1. The molecule has 0 bridgehead atoms. The molecule has 1 spiro atoms. The van der Waals surface area contributed by atoms with Crippen molar-refractivity contribution in [3.05, 3.63) is 23.2 Å². The molecule has 4 nitrogen and oxygen atoms in total. The maximum atomic E-state index is 12.8. The smallest absolute Gasteiger partial charge is 0.246 e. The fourth-order valence-electron chi connectivity index (χ4n) is 3.02. The number of benzene rings is 1. The summed E-state index contributed by atoms with van der Waals surface area (Å²) in [6, 6.07) is 4.52.